The first-order valence-corrected chi connectivity index (χ1v) is 8.87. The van der Waals surface area contributed by atoms with E-state index in [9.17, 15) is 14.7 Å². The highest BCUT2D eigenvalue weighted by atomic mass is 32.1. The summed E-state index contributed by atoms with van der Waals surface area (Å²) in [6.07, 6.45) is 5.30. The molecule has 1 aromatic carbocycles. The molecule has 3 rings (SSSR count). The number of carbonyl (C=O) groups is 2. The molecule has 128 valence electrons. The summed E-state index contributed by atoms with van der Waals surface area (Å²) in [4.78, 5) is 23.4. The van der Waals surface area contributed by atoms with Gasteiger partial charge >= 0.3 is 5.97 Å². The van der Waals surface area contributed by atoms with Crippen molar-refractivity contribution in [2.24, 2.45) is 0 Å². The largest absolute Gasteiger partial charge is 0.493 e. The Balaban J connectivity index is 1.96. The first kappa shape index (κ1) is 17.3. The van der Waals surface area contributed by atoms with Gasteiger partial charge in [0.05, 0.1) is 4.88 Å². The molecule has 25 heavy (non-hydrogen) atoms. The van der Waals surface area contributed by atoms with Gasteiger partial charge in [0.1, 0.15) is 0 Å². The number of hydrogen-bond donors (Lipinski definition) is 2. The number of benzene rings is 1. The zero-order valence-corrected chi connectivity index (χ0v) is 14.8. The molecule has 0 saturated heterocycles. The number of nitrogens with zero attached hydrogens (tertiary/aromatic N) is 1. The number of ketones is 1. The Hall–Kier alpha value is -2.51. The highest BCUT2D eigenvalue weighted by molar-refractivity contribution is 7.73. The summed E-state index contributed by atoms with van der Waals surface area (Å²) in [6, 6.07) is 7.54. The van der Waals surface area contributed by atoms with Crippen molar-refractivity contribution in [3.63, 3.8) is 0 Å². The van der Waals surface area contributed by atoms with Gasteiger partial charge in [-0.15, -0.1) is 11.3 Å². The molecule has 0 saturated carbocycles. The predicted octanol–water partition coefficient (Wildman–Crippen LogP) is 3.99. The van der Waals surface area contributed by atoms with E-state index in [0.29, 0.717) is 27.4 Å². The summed E-state index contributed by atoms with van der Waals surface area (Å²) >= 11 is 6.46. The molecule has 1 aromatic heterocycles. The third-order valence-electron chi connectivity index (χ3n) is 3.87. The Morgan fingerprint density at radius 2 is 2.04 bits per heavy atom. The number of thiazole rings is 1. The average Bonchev–Trinajstić information content (AvgIpc) is 2.84. The molecule has 2 N–H and O–H groups in total. The lowest BCUT2D eigenvalue weighted by atomic mass is 9.91. The molecular weight excluding hydrogens is 358 g/mol. The molecule has 0 spiro atoms. The van der Waals surface area contributed by atoms with Gasteiger partial charge in [0.25, 0.3) is 0 Å². The van der Waals surface area contributed by atoms with Gasteiger partial charge in [-0.2, -0.15) is 0 Å². The van der Waals surface area contributed by atoms with Crippen molar-refractivity contribution in [3.8, 4) is 5.88 Å². The van der Waals surface area contributed by atoms with E-state index >= 15 is 0 Å². The van der Waals surface area contributed by atoms with Crippen molar-refractivity contribution in [1.82, 2.24) is 4.57 Å². The average molecular weight is 373 g/mol. The van der Waals surface area contributed by atoms with Crippen LogP contribution in [0.15, 0.2) is 30.3 Å². The van der Waals surface area contributed by atoms with Gasteiger partial charge in [-0.25, -0.2) is 0 Å². The van der Waals surface area contributed by atoms with Crippen LogP contribution in [-0.4, -0.2) is 26.5 Å². The number of aromatic nitrogens is 1. The van der Waals surface area contributed by atoms with Crippen LogP contribution in [0, 0.1) is 3.95 Å². The van der Waals surface area contributed by atoms with E-state index in [1.54, 1.807) is 12.2 Å². The van der Waals surface area contributed by atoms with E-state index in [1.807, 2.05) is 24.3 Å². The van der Waals surface area contributed by atoms with E-state index < -0.39 is 5.97 Å². The molecule has 0 bridgehead atoms. The molecule has 0 unspecified atom stereocenters. The van der Waals surface area contributed by atoms with Crippen LogP contribution < -0.4 is 0 Å². The Kier molecular flexibility index (Phi) is 4.96. The standard InChI is InChI=1S/C18H15NO4S2/c20-14-8-7-11-4-1-2-5-12(11)13(14)10-15-17(23)19(18(24)25-15)9-3-6-16(21)22/h1-2,4-5,7-8,10,23H,3,6,9H2,(H,21,22)/b13-10-. The summed E-state index contributed by atoms with van der Waals surface area (Å²) in [7, 11) is 0. The topological polar surface area (TPSA) is 79.5 Å². The van der Waals surface area contributed by atoms with Crippen LogP contribution in [0.5, 0.6) is 5.88 Å². The van der Waals surface area contributed by atoms with E-state index in [4.69, 9.17) is 17.3 Å². The van der Waals surface area contributed by atoms with Crippen molar-refractivity contribution in [3.05, 3.63) is 50.3 Å². The minimum absolute atomic E-state index is 0.00411. The molecule has 0 aliphatic heterocycles. The number of aromatic hydroxyl groups is 1. The zero-order valence-electron chi connectivity index (χ0n) is 13.1. The van der Waals surface area contributed by atoms with Gasteiger partial charge in [0.2, 0.25) is 5.88 Å². The normalized spacial score (nSPS) is 14.7. The fraction of sp³-hybridized carbons (Fsp3) is 0.167. The van der Waals surface area contributed by atoms with E-state index in [0.717, 1.165) is 11.1 Å². The number of carbonyl (C=O) groups excluding carboxylic acids is 1. The number of rotatable bonds is 5. The second-order valence-corrected chi connectivity index (χ2v) is 7.22. The lowest BCUT2D eigenvalue weighted by molar-refractivity contribution is -0.137. The maximum Gasteiger partial charge on any atom is 0.303 e. The Labute approximate surface area is 153 Å². The molecule has 1 aliphatic rings. The van der Waals surface area contributed by atoms with Crippen molar-refractivity contribution in [2.45, 2.75) is 19.4 Å². The smallest absolute Gasteiger partial charge is 0.303 e. The molecule has 1 aliphatic carbocycles. The number of aliphatic carboxylic acids is 1. The Morgan fingerprint density at radius 1 is 1.28 bits per heavy atom. The second kappa shape index (κ2) is 7.16. The van der Waals surface area contributed by atoms with Crippen molar-refractivity contribution >= 4 is 53.0 Å². The first-order valence-electron chi connectivity index (χ1n) is 7.65. The summed E-state index contributed by atoms with van der Waals surface area (Å²) < 4.78 is 1.95. The van der Waals surface area contributed by atoms with Crippen molar-refractivity contribution in [1.29, 1.82) is 0 Å². The molecule has 0 atom stereocenters. The molecule has 2 aromatic rings. The van der Waals surface area contributed by atoms with Gasteiger partial charge in [-0.3, -0.25) is 14.2 Å². The van der Waals surface area contributed by atoms with E-state index in [2.05, 4.69) is 0 Å². The van der Waals surface area contributed by atoms with Crippen LogP contribution in [0.1, 0.15) is 28.8 Å². The number of carboxylic acid groups (broad SMARTS) is 1. The maximum absolute atomic E-state index is 12.3. The minimum atomic E-state index is -0.889. The fourth-order valence-electron chi connectivity index (χ4n) is 2.65. The highest BCUT2D eigenvalue weighted by Crippen LogP contribution is 2.34. The number of allylic oxidation sites excluding steroid dienone is 2. The maximum atomic E-state index is 12.3. The minimum Gasteiger partial charge on any atom is -0.493 e. The lowest BCUT2D eigenvalue weighted by Gasteiger charge is -2.12. The predicted molar refractivity (Wildman–Crippen MR) is 100 cm³/mol. The quantitative estimate of drug-likeness (QED) is 0.612. The van der Waals surface area contributed by atoms with E-state index in [1.165, 1.54) is 22.0 Å². The monoisotopic (exact) mass is 373 g/mol. The number of carboxylic acids is 1. The molecule has 0 fully saturated rings. The molecular formula is C18H15NO4S2. The van der Waals surface area contributed by atoms with Crippen molar-refractivity contribution in [2.75, 3.05) is 0 Å². The summed E-state index contributed by atoms with van der Waals surface area (Å²) in [6.45, 7) is 0.321. The summed E-state index contributed by atoms with van der Waals surface area (Å²) in [5.74, 6) is -1.05. The zero-order chi connectivity index (χ0) is 18.0. The molecule has 0 radical (unpaired) electrons. The SMILES string of the molecule is O=C(O)CCCn1c(O)c(/C=C2\C(=O)C=Cc3ccccc32)sc1=S. The third-order valence-corrected chi connectivity index (χ3v) is 5.26. The van der Waals surface area contributed by atoms with Gasteiger partial charge in [0.15, 0.2) is 9.74 Å². The Morgan fingerprint density at radius 3 is 2.80 bits per heavy atom. The number of hydrogen-bond acceptors (Lipinski definition) is 5. The van der Waals surface area contributed by atoms with Crippen LogP contribution in [-0.2, 0) is 16.1 Å². The third kappa shape index (κ3) is 3.62. The second-order valence-electron chi connectivity index (χ2n) is 5.55. The van der Waals surface area contributed by atoms with Crippen LogP contribution >= 0.6 is 23.6 Å². The van der Waals surface area contributed by atoms with Gasteiger partial charge in [0, 0.05) is 18.5 Å². The highest BCUT2D eigenvalue weighted by Gasteiger charge is 2.19. The van der Waals surface area contributed by atoms with Crippen LogP contribution in [0.4, 0.5) is 0 Å². The van der Waals surface area contributed by atoms with Crippen LogP contribution in [0.25, 0.3) is 17.7 Å². The molecule has 0 amide bonds. The van der Waals surface area contributed by atoms with Crippen molar-refractivity contribution < 1.29 is 19.8 Å². The molecule has 1 heterocycles. The van der Waals surface area contributed by atoms with Gasteiger partial charge in [-0.05, 0) is 41.9 Å². The molecule has 5 nitrogen and oxygen atoms in total. The summed E-state index contributed by atoms with van der Waals surface area (Å²) in [5.41, 5.74) is 2.26. The Bertz CT molecular complexity index is 966. The van der Waals surface area contributed by atoms with E-state index in [-0.39, 0.29) is 18.1 Å². The van der Waals surface area contributed by atoms with Crippen LogP contribution in [0.3, 0.4) is 0 Å². The number of fused-ring (bicyclic) bond motifs is 1. The summed E-state index contributed by atoms with van der Waals surface area (Å²) in [5, 5.41) is 19.2. The van der Waals surface area contributed by atoms with Crippen LogP contribution in [0.2, 0.25) is 0 Å². The lowest BCUT2D eigenvalue weighted by Crippen LogP contribution is -2.04. The first-order chi connectivity index (χ1) is 12.0. The van der Waals surface area contributed by atoms with Gasteiger partial charge in [-0.1, -0.05) is 30.3 Å². The molecule has 7 heteroatoms. The fourth-order valence-corrected chi connectivity index (χ4v) is 3.95. The van der Waals surface area contributed by atoms with Gasteiger partial charge < -0.3 is 10.2 Å².